The van der Waals surface area contributed by atoms with Crippen LogP contribution in [0, 0.1) is 5.82 Å². The van der Waals surface area contributed by atoms with Gasteiger partial charge in [-0.15, -0.1) is 11.3 Å². The van der Waals surface area contributed by atoms with Crippen molar-refractivity contribution >= 4 is 34.3 Å². The molecule has 2 N–H and O–H groups in total. The summed E-state index contributed by atoms with van der Waals surface area (Å²) in [7, 11) is 0. The maximum Gasteiger partial charge on any atom is 0.333 e. The molecular formula is C21H18ClF3N6S. The van der Waals surface area contributed by atoms with E-state index in [4.69, 9.17) is 22.3 Å². The summed E-state index contributed by atoms with van der Waals surface area (Å²) < 4.78 is 40.9. The number of nitrogens with two attached hydrogens (primary N) is 1. The van der Waals surface area contributed by atoms with Crippen LogP contribution in [0.4, 0.5) is 13.2 Å². The summed E-state index contributed by atoms with van der Waals surface area (Å²) in [6.45, 7) is -0.379. The lowest BCUT2D eigenvalue weighted by atomic mass is 9.91. The van der Waals surface area contributed by atoms with Gasteiger partial charge in [0.1, 0.15) is 11.9 Å². The zero-order chi connectivity index (χ0) is 22.6. The lowest BCUT2D eigenvalue weighted by molar-refractivity contribution is 0.0564. The van der Waals surface area contributed by atoms with Gasteiger partial charge < -0.3 is 10.6 Å². The van der Waals surface area contributed by atoms with Gasteiger partial charge in [0, 0.05) is 58.1 Å². The average Bonchev–Trinajstić information content (AvgIpc) is 3.46. The van der Waals surface area contributed by atoms with Gasteiger partial charge >= 0.3 is 6.55 Å². The molecule has 6 nitrogen and oxygen atoms in total. The van der Waals surface area contributed by atoms with Gasteiger partial charge in [-0.3, -0.25) is 4.99 Å². The highest BCUT2D eigenvalue weighted by atomic mass is 35.5. The second-order valence-corrected chi connectivity index (χ2v) is 9.40. The second-order valence-electron chi connectivity index (χ2n) is 8.09. The zero-order valence-corrected chi connectivity index (χ0v) is 18.4. The molecule has 2 aliphatic heterocycles. The number of hydrogen-bond acceptors (Lipinski definition) is 6. The van der Waals surface area contributed by atoms with Crippen molar-refractivity contribution in [2.75, 3.05) is 6.54 Å². The summed E-state index contributed by atoms with van der Waals surface area (Å²) in [5.74, 6) is 0.138. The van der Waals surface area contributed by atoms with E-state index in [0.29, 0.717) is 45.3 Å². The molecule has 1 saturated heterocycles. The summed E-state index contributed by atoms with van der Waals surface area (Å²) in [6.07, 6.45) is 3.38. The van der Waals surface area contributed by atoms with E-state index in [9.17, 15) is 13.2 Å². The minimum Gasteiger partial charge on any atom is -0.326 e. The molecule has 0 bridgehead atoms. The fourth-order valence-electron chi connectivity index (χ4n) is 4.18. The number of hydrogen-bond donors (Lipinski definition) is 1. The molecule has 0 amide bonds. The van der Waals surface area contributed by atoms with Gasteiger partial charge in [0.2, 0.25) is 0 Å². The quantitative estimate of drug-likeness (QED) is 0.581. The Hall–Kier alpha value is -2.69. The predicted octanol–water partition coefficient (Wildman–Crippen LogP) is 4.86. The standard InChI is InChI=1S/C21H18ClF3N6S/c1-21(26)9-15-16(14-4-6-31(29-14)20(24)25)17(12-3-2-11(23)8-13(12)22)28-18(30(15)10-21)19-27-5-7-32-19/h2-8,17,20H,9-10,26H2,1H3/t17-,21+/m0/s1. The third-order valence-electron chi connectivity index (χ3n) is 5.47. The molecular weight excluding hydrogens is 461 g/mol. The number of alkyl halides is 2. The number of thiazole rings is 1. The largest absolute Gasteiger partial charge is 0.333 e. The third-order valence-corrected chi connectivity index (χ3v) is 6.57. The number of amidine groups is 1. The highest BCUT2D eigenvalue weighted by molar-refractivity contribution is 7.11. The Kier molecular flexibility index (Phi) is 5.11. The first-order valence-electron chi connectivity index (χ1n) is 9.79. The predicted molar refractivity (Wildman–Crippen MR) is 117 cm³/mol. The third kappa shape index (κ3) is 3.62. The van der Waals surface area contributed by atoms with Gasteiger partial charge in [-0.1, -0.05) is 17.7 Å². The Bertz CT molecular complexity index is 1230. The highest BCUT2D eigenvalue weighted by Gasteiger charge is 2.44. The van der Waals surface area contributed by atoms with Crippen LogP contribution in [-0.4, -0.2) is 37.6 Å². The van der Waals surface area contributed by atoms with Crippen LogP contribution < -0.4 is 5.73 Å². The Morgan fingerprint density at radius 1 is 1.31 bits per heavy atom. The Morgan fingerprint density at radius 2 is 2.12 bits per heavy atom. The average molecular weight is 479 g/mol. The number of halogens is 4. The Labute approximate surface area is 190 Å². The van der Waals surface area contributed by atoms with E-state index in [1.807, 2.05) is 17.2 Å². The van der Waals surface area contributed by atoms with Crippen molar-refractivity contribution in [3.8, 4) is 0 Å². The fraction of sp³-hybridized carbons (Fsp3) is 0.286. The van der Waals surface area contributed by atoms with E-state index in [-0.39, 0.29) is 5.02 Å². The van der Waals surface area contributed by atoms with Gasteiger partial charge in [-0.25, -0.2) is 14.1 Å². The van der Waals surface area contributed by atoms with Gasteiger partial charge in [0.15, 0.2) is 10.8 Å². The summed E-state index contributed by atoms with van der Waals surface area (Å²) in [5.41, 5.74) is 8.26. The molecule has 0 unspecified atom stereocenters. The number of benzene rings is 1. The lowest BCUT2D eigenvalue weighted by Gasteiger charge is -2.32. The molecule has 166 valence electrons. The maximum atomic E-state index is 13.8. The molecule has 0 saturated carbocycles. The topological polar surface area (TPSA) is 72.3 Å². The minimum atomic E-state index is -2.78. The summed E-state index contributed by atoms with van der Waals surface area (Å²) in [6, 6.07) is 4.90. The van der Waals surface area contributed by atoms with E-state index in [1.54, 1.807) is 12.3 Å². The summed E-state index contributed by atoms with van der Waals surface area (Å²) >= 11 is 7.84. The summed E-state index contributed by atoms with van der Waals surface area (Å²) in [5, 5.41) is 6.82. The first-order chi connectivity index (χ1) is 15.2. The smallest absolute Gasteiger partial charge is 0.326 e. The zero-order valence-electron chi connectivity index (χ0n) is 16.8. The van der Waals surface area contributed by atoms with Gasteiger partial charge in [-0.2, -0.15) is 13.9 Å². The Morgan fingerprint density at radius 3 is 2.78 bits per heavy atom. The summed E-state index contributed by atoms with van der Waals surface area (Å²) in [4.78, 5) is 11.3. The van der Waals surface area contributed by atoms with E-state index in [0.717, 1.165) is 5.70 Å². The van der Waals surface area contributed by atoms with E-state index >= 15 is 0 Å². The lowest BCUT2D eigenvalue weighted by Crippen LogP contribution is -2.41. The highest BCUT2D eigenvalue weighted by Crippen LogP contribution is 2.47. The van der Waals surface area contributed by atoms with Crippen LogP contribution in [0.5, 0.6) is 0 Å². The van der Waals surface area contributed by atoms with Crippen LogP contribution in [0.3, 0.4) is 0 Å². The van der Waals surface area contributed by atoms with Crippen LogP contribution >= 0.6 is 22.9 Å². The Balaban J connectivity index is 1.75. The molecule has 2 aliphatic rings. The van der Waals surface area contributed by atoms with Crippen molar-refractivity contribution in [2.45, 2.75) is 31.5 Å². The van der Waals surface area contributed by atoms with Crippen LogP contribution in [0.15, 0.2) is 52.7 Å². The normalized spacial score (nSPS) is 23.2. The minimum absolute atomic E-state index is 0.186. The number of rotatable bonds is 4. The van der Waals surface area contributed by atoms with Gasteiger partial charge in [0.05, 0.1) is 5.69 Å². The molecule has 0 aliphatic carbocycles. The van der Waals surface area contributed by atoms with E-state index < -0.39 is 23.9 Å². The molecule has 32 heavy (non-hydrogen) atoms. The number of aliphatic imine (C=N–C) groups is 1. The van der Waals surface area contributed by atoms with Crippen molar-refractivity contribution in [2.24, 2.45) is 10.7 Å². The second kappa shape index (κ2) is 7.72. The molecule has 3 aromatic rings. The van der Waals surface area contributed by atoms with Crippen molar-refractivity contribution in [1.29, 1.82) is 0 Å². The van der Waals surface area contributed by atoms with E-state index in [1.165, 1.54) is 35.7 Å². The first-order valence-corrected chi connectivity index (χ1v) is 11.0. The molecule has 1 fully saturated rings. The van der Waals surface area contributed by atoms with Gasteiger partial charge in [0.25, 0.3) is 0 Å². The van der Waals surface area contributed by atoms with Gasteiger partial charge in [-0.05, 0) is 25.1 Å². The number of fused-ring (bicyclic) bond motifs is 1. The molecule has 2 aromatic heterocycles. The molecule has 11 heteroatoms. The van der Waals surface area contributed by atoms with E-state index in [2.05, 4.69) is 10.1 Å². The molecule has 0 radical (unpaired) electrons. The van der Waals surface area contributed by atoms with Crippen LogP contribution in [-0.2, 0) is 0 Å². The number of aromatic nitrogens is 3. The SMILES string of the molecule is C[C@@]1(N)CC2=C(c3ccn(C(F)F)n3)[C@H](c3ccc(F)cc3Cl)N=C(c3nccs3)N2C1. The molecule has 5 rings (SSSR count). The molecule has 1 aromatic carbocycles. The van der Waals surface area contributed by atoms with Crippen molar-refractivity contribution in [3.63, 3.8) is 0 Å². The van der Waals surface area contributed by atoms with Crippen LogP contribution in [0.1, 0.15) is 42.2 Å². The van der Waals surface area contributed by atoms with Crippen molar-refractivity contribution < 1.29 is 13.2 Å². The van der Waals surface area contributed by atoms with Crippen molar-refractivity contribution in [3.05, 3.63) is 74.8 Å². The van der Waals surface area contributed by atoms with Crippen LogP contribution in [0.25, 0.3) is 5.57 Å². The fourth-order valence-corrected chi connectivity index (χ4v) is 5.09. The maximum absolute atomic E-state index is 13.8. The van der Waals surface area contributed by atoms with Crippen molar-refractivity contribution in [1.82, 2.24) is 19.7 Å². The molecule has 2 atom stereocenters. The molecule has 4 heterocycles. The van der Waals surface area contributed by atoms with Crippen LogP contribution in [0.2, 0.25) is 5.02 Å². The monoisotopic (exact) mass is 478 g/mol. The molecule has 0 spiro atoms. The first kappa shape index (κ1) is 21.2. The number of nitrogens with zero attached hydrogens (tertiary/aromatic N) is 5.